The second-order valence-corrected chi connectivity index (χ2v) is 10.0. The highest BCUT2D eigenvalue weighted by Gasteiger charge is 2.50. The second kappa shape index (κ2) is 7.46. The standard InChI is InChI=1S/C21H23ClN2O4S/c1-5-14-8-6-7-13(2)18(14)23-19(25)15-9-10-16(22)17(11-15)24-20(26)21(3,4)12-29(24,27)28/h6-11H,5,12H2,1-4H3,(H,23,25). The number of hydrogen-bond acceptors (Lipinski definition) is 4. The van der Waals surface area contributed by atoms with Gasteiger partial charge in [0.1, 0.15) is 0 Å². The van der Waals surface area contributed by atoms with Crippen molar-refractivity contribution in [3.63, 3.8) is 0 Å². The summed E-state index contributed by atoms with van der Waals surface area (Å²) in [5.74, 6) is -1.28. The Labute approximate surface area is 175 Å². The van der Waals surface area contributed by atoms with Gasteiger partial charge in [-0.2, -0.15) is 0 Å². The van der Waals surface area contributed by atoms with Crippen molar-refractivity contribution in [3.8, 4) is 0 Å². The van der Waals surface area contributed by atoms with Crippen molar-refractivity contribution in [2.75, 3.05) is 15.4 Å². The number of benzene rings is 2. The van der Waals surface area contributed by atoms with E-state index in [-0.39, 0.29) is 22.0 Å². The molecule has 0 atom stereocenters. The Hall–Kier alpha value is -2.38. The normalized spacial score (nSPS) is 17.4. The molecule has 8 heteroatoms. The van der Waals surface area contributed by atoms with Crippen LogP contribution in [0.25, 0.3) is 0 Å². The molecule has 1 saturated heterocycles. The predicted molar refractivity (Wildman–Crippen MR) is 115 cm³/mol. The number of carbonyl (C=O) groups excluding carboxylic acids is 2. The highest BCUT2D eigenvalue weighted by Crippen LogP contribution is 2.39. The average molecular weight is 435 g/mol. The molecule has 0 unspecified atom stereocenters. The lowest BCUT2D eigenvalue weighted by atomic mass is 9.95. The van der Waals surface area contributed by atoms with Crippen LogP contribution in [0.4, 0.5) is 11.4 Å². The molecule has 1 fully saturated rings. The number of rotatable bonds is 4. The van der Waals surface area contributed by atoms with E-state index in [1.54, 1.807) is 13.8 Å². The lowest BCUT2D eigenvalue weighted by Gasteiger charge is -2.19. The zero-order valence-corrected chi connectivity index (χ0v) is 18.3. The summed E-state index contributed by atoms with van der Waals surface area (Å²) in [7, 11) is -3.87. The number of nitrogens with zero attached hydrogens (tertiary/aromatic N) is 1. The van der Waals surface area contributed by atoms with Gasteiger partial charge in [0, 0.05) is 11.3 Å². The lowest BCUT2D eigenvalue weighted by Crippen LogP contribution is -2.33. The van der Waals surface area contributed by atoms with E-state index in [4.69, 9.17) is 11.6 Å². The molecule has 0 bridgehead atoms. The van der Waals surface area contributed by atoms with Gasteiger partial charge in [-0.15, -0.1) is 0 Å². The minimum Gasteiger partial charge on any atom is -0.321 e. The van der Waals surface area contributed by atoms with E-state index in [1.807, 2.05) is 32.0 Å². The number of para-hydroxylation sites is 1. The third-order valence-electron chi connectivity index (χ3n) is 4.99. The Morgan fingerprint density at radius 3 is 2.52 bits per heavy atom. The Bertz CT molecular complexity index is 1110. The molecule has 1 N–H and O–H groups in total. The number of halogens is 1. The number of aryl methyl sites for hydroxylation is 2. The summed E-state index contributed by atoms with van der Waals surface area (Å²) in [6.45, 7) is 7.04. The highest BCUT2D eigenvalue weighted by atomic mass is 35.5. The van der Waals surface area contributed by atoms with Gasteiger partial charge in [0.2, 0.25) is 15.9 Å². The maximum absolute atomic E-state index is 12.9. The molecule has 2 amide bonds. The van der Waals surface area contributed by atoms with Gasteiger partial charge in [-0.3, -0.25) is 9.59 Å². The van der Waals surface area contributed by atoms with Crippen LogP contribution in [0.15, 0.2) is 36.4 Å². The minimum atomic E-state index is -3.87. The number of nitrogens with one attached hydrogen (secondary N) is 1. The summed E-state index contributed by atoms with van der Waals surface area (Å²) in [5.41, 5.74) is 1.79. The molecule has 1 aliphatic heterocycles. The van der Waals surface area contributed by atoms with Crippen LogP contribution in [0.5, 0.6) is 0 Å². The molecule has 1 heterocycles. The van der Waals surface area contributed by atoms with Crippen LogP contribution in [-0.4, -0.2) is 26.0 Å². The van der Waals surface area contributed by atoms with Crippen LogP contribution >= 0.6 is 11.6 Å². The van der Waals surface area contributed by atoms with Crippen LogP contribution in [0.2, 0.25) is 5.02 Å². The van der Waals surface area contributed by atoms with Crippen LogP contribution in [-0.2, 0) is 21.2 Å². The van der Waals surface area contributed by atoms with Crippen molar-refractivity contribution >= 4 is 44.8 Å². The summed E-state index contributed by atoms with van der Waals surface area (Å²) in [6.07, 6.45) is 0.749. The van der Waals surface area contributed by atoms with E-state index in [1.165, 1.54) is 18.2 Å². The molecular formula is C21H23ClN2O4S. The molecule has 29 heavy (non-hydrogen) atoms. The number of amides is 2. The second-order valence-electron chi connectivity index (χ2n) is 7.79. The van der Waals surface area contributed by atoms with Crippen LogP contribution in [0.3, 0.4) is 0 Å². The van der Waals surface area contributed by atoms with Crippen molar-refractivity contribution in [1.82, 2.24) is 0 Å². The summed E-state index contributed by atoms with van der Waals surface area (Å²) in [5, 5.41) is 2.98. The van der Waals surface area contributed by atoms with Gasteiger partial charge in [0.05, 0.1) is 21.9 Å². The topological polar surface area (TPSA) is 83.6 Å². The number of hydrogen-bond donors (Lipinski definition) is 1. The molecule has 0 aliphatic carbocycles. The molecule has 3 rings (SSSR count). The summed E-state index contributed by atoms with van der Waals surface area (Å²) < 4.78 is 25.9. The first-order valence-corrected chi connectivity index (χ1v) is 11.2. The number of anilines is 2. The average Bonchev–Trinajstić information content (AvgIpc) is 2.80. The number of sulfonamides is 1. The molecule has 0 saturated carbocycles. The van der Waals surface area contributed by atoms with E-state index < -0.39 is 27.3 Å². The number of carbonyl (C=O) groups is 2. The molecule has 2 aromatic rings. The molecule has 1 aliphatic rings. The lowest BCUT2D eigenvalue weighted by molar-refractivity contribution is -0.123. The molecule has 2 aromatic carbocycles. The smallest absolute Gasteiger partial charge is 0.255 e. The largest absolute Gasteiger partial charge is 0.321 e. The zero-order valence-electron chi connectivity index (χ0n) is 16.7. The first-order valence-electron chi connectivity index (χ1n) is 9.25. The summed E-state index contributed by atoms with van der Waals surface area (Å²) in [4.78, 5) is 25.6. The van der Waals surface area contributed by atoms with Crippen LogP contribution in [0.1, 0.15) is 42.3 Å². The Morgan fingerprint density at radius 2 is 1.93 bits per heavy atom. The summed E-state index contributed by atoms with van der Waals surface area (Å²) >= 11 is 6.21. The third kappa shape index (κ3) is 3.89. The maximum Gasteiger partial charge on any atom is 0.255 e. The monoisotopic (exact) mass is 434 g/mol. The maximum atomic E-state index is 12.9. The Morgan fingerprint density at radius 1 is 1.24 bits per heavy atom. The van der Waals surface area contributed by atoms with E-state index in [2.05, 4.69) is 5.32 Å². The molecule has 0 aromatic heterocycles. The van der Waals surface area contributed by atoms with Gasteiger partial charge in [0.15, 0.2) is 0 Å². The van der Waals surface area contributed by atoms with Crippen molar-refractivity contribution < 1.29 is 18.0 Å². The quantitative estimate of drug-likeness (QED) is 0.782. The Balaban J connectivity index is 2.01. The van der Waals surface area contributed by atoms with Gasteiger partial charge in [-0.25, -0.2) is 12.7 Å². The molecule has 6 nitrogen and oxygen atoms in total. The fraction of sp³-hybridized carbons (Fsp3) is 0.333. The van der Waals surface area contributed by atoms with E-state index in [0.29, 0.717) is 0 Å². The van der Waals surface area contributed by atoms with Crippen LogP contribution in [0, 0.1) is 12.3 Å². The first-order chi connectivity index (χ1) is 13.5. The van der Waals surface area contributed by atoms with E-state index >= 15 is 0 Å². The van der Waals surface area contributed by atoms with Gasteiger partial charge in [0.25, 0.3) is 5.91 Å². The van der Waals surface area contributed by atoms with Crippen molar-refractivity contribution in [2.24, 2.45) is 5.41 Å². The molecule has 0 spiro atoms. The van der Waals surface area contributed by atoms with Crippen molar-refractivity contribution in [1.29, 1.82) is 0 Å². The fourth-order valence-electron chi connectivity index (χ4n) is 3.44. The summed E-state index contributed by atoms with van der Waals surface area (Å²) in [6, 6.07) is 10.0. The first kappa shape index (κ1) is 21.3. The highest BCUT2D eigenvalue weighted by molar-refractivity contribution is 7.94. The van der Waals surface area contributed by atoms with Gasteiger partial charge in [-0.1, -0.05) is 36.7 Å². The van der Waals surface area contributed by atoms with Crippen LogP contribution < -0.4 is 9.62 Å². The minimum absolute atomic E-state index is 0.00427. The molecular weight excluding hydrogens is 412 g/mol. The SMILES string of the molecule is CCc1cccc(C)c1NC(=O)c1ccc(Cl)c(N2C(=O)C(C)(C)CS2(=O)=O)c1. The third-order valence-corrected chi connectivity index (χ3v) is 7.32. The predicted octanol–water partition coefficient (Wildman–Crippen LogP) is 4.17. The van der Waals surface area contributed by atoms with Gasteiger partial charge in [-0.05, 0) is 56.5 Å². The van der Waals surface area contributed by atoms with E-state index in [0.717, 1.165) is 27.5 Å². The fourth-order valence-corrected chi connectivity index (χ4v) is 5.81. The van der Waals surface area contributed by atoms with Gasteiger partial charge < -0.3 is 5.32 Å². The van der Waals surface area contributed by atoms with Crippen molar-refractivity contribution in [3.05, 3.63) is 58.1 Å². The van der Waals surface area contributed by atoms with Gasteiger partial charge >= 0.3 is 0 Å². The zero-order chi connectivity index (χ0) is 21.6. The van der Waals surface area contributed by atoms with Crippen molar-refractivity contribution in [2.45, 2.75) is 34.1 Å². The molecule has 0 radical (unpaired) electrons. The molecule has 154 valence electrons. The Kier molecular flexibility index (Phi) is 5.49. The van der Waals surface area contributed by atoms with E-state index in [9.17, 15) is 18.0 Å².